The molecule has 0 fully saturated rings. The van der Waals surface area contributed by atoms with Crippen molar-refractivity contribution in [3.63, 3.8) is 0 Å². The van der Waals surface area contributed by atoms with Crippen molar-refractivity contribution in [2.45, 2.75) is 25.3 Å². The van der Waals surface area contributed by atoms with Gasteiger partial charge in [0.25, 0.3) is 5.91 Å². The molecule has 2 amide bonds. The maximum absolute atomic E-state index is 14.1. The number of rotatable bonds is 8. The smallest absolute Gasteiger partial charge is 0.253 e. The molecule has 1 atom stereocenters. The van der Waals surface area contributed by atoms with Gasteiger partial charge in [-0.3, -0.25) is 14.6 Å². The number of benzene rings is 3. The summed E-state index contributed by atoms with van der Waals surface area (Å²) in [4.78, 5) is 31.9. The number of nitrogens with one attached hydrogen (secondary N) is 1. The van der Waals surface area contributed by atoms with Gasteiger partial charge in [-0.25, -0.2) is 8.78 Å². The van der Waals surface area contributed by atoms with Crippen molar-refractivity contribution in [2.24, 2.45) is 0 Å². The molecule has 3 aromatic carbocycles. The van der Waals surface area contributed by atoms with Crippen molar-refractivity contribution in [1.29, 1.82) is 0 Å². The average Bonchev–Trinajstić information content (AvgIpc) is 3.33. The lowest BCUT2D eigenvalue weighted by Crippen LogP contribution is -2.31. The Morgan fingerprint density at radius 2 is 1.71 bits per heavy atom. The molecule has 208 valence electrons. The van der Waals surface area contributed by atoms with Gasteiger partial charge in [-0.1, -0.05) is 30.3 Å². The van der Waals surface area contributed by atoms with Gasteiger partial charge in [-0.15, -0.1) is 0 Å². The maximum Gasteiger partial charge on any atom is 0.253 e. The SMILES string of the molecule is CN(C)C(=O)c1ccc(-c2cccnc2[C@H](Cc2cc(F)cc(F)c2)NC(=O)CC2=CCc3ccc(O)cc32)cc1. The van der Waals surface area contributed by atoms with Crippen molar-refractivity contribution >= 4 is 17.4 Å². The van der Waals surface area contributed by atoms with Crippen LogP contribution in [-0.4, -0.2) is 40.9 Å². The lowest BCUT2D eigenvalue weighted by atomic mass is 9.94. The van der Waals surface area contributed by atoms with Crippen molar-refractivity contribution in [2.75, 3.05) is 14.1 Å². The van der Waals surface area contributed by atoms with Gasteiger partial charge in [0.15, 0.2) is 0 Å². The highest BCUT2D eigenvalue weighted by Gasteiger charge is 2.24. The molecule has 41 heavy (non-hydrogen) atoms. The van der Waals surface area contributed by atoms with Gasteiger partial charge in [0.05, 0.1) is 18.2 Å². The molecule has 5 rings (SSSR count). The summed E-state index contributed by atoms with van der Waals surface area (Å²) >= 11 is 0. The normalized spacial score (nSPS) is 12.8. The number of allylic oxidation sites excluding steroid dienone is 1. The maximum atomic E-state index is 14.1. The molecule has 0 saturated carbocycles. The van der Waals surface area contributed by atoms with Gasteiger partial charge in [0, 0.05) is 37.5 Å². The highest BCUT2D eigenvalue weighted by molar-refractivity contribution is 5.94. The Morgan fingerprint density at radius 3 is 2.41 bits per heavy atom. The van der Waals surface area contributed by atoms with E-state index < -0.39 is 17.7 Å². The summed E-state index contributed by atoms with van der Waals surface area (Å²) < 4.78 is 28.2. The van der Waals surface area contributed by atoms with E-state index in [2.05, 4.69) is 10.3 Å². The van der Waals surface area contributed by atoms with Gasteiger partial charge < -0.3 is 15.3 Å². The topological polar surface area (TPSA) is 82.5 Å². The minimum Gasteiger partial charge on any atom is -0.508 e. The first-order valence-corrected chi connectivity index (χ1v) is 13.2. The molecule has 1 aliphatic carbocycles. The summed E-state index contributed by atoms with van der Waals surface area (Å²) in [6.45, 7) is 0. The molecule has 6 nitrogen and oxygen atoms in total. The van der Waals surface area contributed by atoms with Crippen LogP contribution in [0.5, 0.6) is 5.75 Å². The van der Waals surface area contributed by atoms with Crippen LogP contribution in [-0.2, 0) is 17.6 Å². The molecule has 0 bridgehead atoms. The molecule has 4 aromatic rings. The first kappa shape index (κ1) is 27.7. The number of carbonyl (C=O) groups is 2. The summed E-state index contributed by atoms with van der Waals surface area (Å²) in [5.74, 6) is -1.71. The second-order valence-corrected chi connectivity index (χ2v) is 10.3. The molecule has 1 aromatic heterocycles. The largest absolute Gasteiger partial charge is 0.508 e. The predicted molar refractivity (Wildman–Crippen MR) is 153 cm³/mol. The molecule has 1 heterocycles. The summed E-state index contributed by atoms with van der Waals surface area (Å²) in [7, 11) is 3.36. The van der Waals surface area contributed by atoms with Crippen LogP contribution < -0.4 is 5.32 Å². The molecule has 0 unspecified atom stereocenters. The number of carbonyl (C=O) groups excluding carboxylic acids is 2. The Hall–Kier alpha value is -4.85. The molecule has 0 spiro atoms. The van der Waals surface area contributed by atoms with Gasteiger partial charge in [0.2, 0.25) is 5.91 Å². The van der Waals surface area contributed by atoms with Crippen LogP contribution in [0, 0.1) is 11.6 Å². The van der Waals surface area contributed by atoms with E-state index in [9.17, 15) is 23.5 Å². The fraction of sp³-hybridized carbons (Fsp3) is 0.182. The molecule has 1 aliphatic rings. The first-order valence-electron chi connectivity index (χ1n) is 13.2. The summed E-state index contributed by atoms with van der Waals surface area (Å²) in [6.07, 6.45) is 4.39. The monoisotopic (exact) mass is 553 g/mol. The fourth-order valence-corrected chi connectivity index (χ4v) is 5.14. The van der Waals surface area contributed by atoms with Crippen LogP contribution >= 0.6 is 0 Å². The number of aromatic nitrogens is 1. The lowest BCUT2D eigenvalue weighted by Gasteiger charge is -2.22. The van der Waals surface area contributed by atoms with Gasteiger partial charge in [0.1, 0.15) is 17.4 Å². The standard InChI is InChI=1S/C33H29F2N3O3/c1-38(2)33(41)23-8-5-21(6-9-23)28-4-3-13-36-32(28)30(16-20-14-25(34)18-26(35)15-20)37-31(40)17-24-10-7-22-11-12-27(39)19-29(22)24/h3-6,8-15,18-19,30,39H,7,16-17H2,1-2H3,(H,37,40)/t30-/m0/s1. The molecule has 8 heteroatoms. The Bertz CT molecular complexity index is 1630. The van der Waals surface area contributed by atoms with E-state index in [-0.39, 0.29) is 30.4 Å². The molecule has 2 N–H and O–H groups in total. The van der Waals surface area contributed by atoms with Crippen LogP contribution in [0.4, 0.5) is 8.78 Å². The number of fused-ring (bicyclic) bond motifs is 1. The Kier molecular flexibility index (Phi) is 7.92. The van der Waals surface area contributed by atoms with E-state index in [0.29, 0.717) is 28.8 Å². The number of hydrogen-bond acceptors (Lipinski definition) is 4. The lowest BCUT2D eigenvalue weighted by molar-refractivity contribution is -0.120. The Labute approximate surface area is 237 Å². The van der Waals surface area contributed by atoms with Crippen molar-refractivity contribution in [3.05, 3.63) is 125 Å². The minimum absolute atomic E-state index is 0.0635. The number of hydrogen-bond donors (Lipinski definition) is 2. The third-order valence-corrected chi connectivity index (χ3v) is 7.07. The zero-order valence-electron chi connectivity index (χ0n) is 22.7. The average molecular weight is 554 g/mol. The molecule has 0 radical (unpaired) electrons. The quantitative estimate of drug-likeness (QED) is 0.286. The highest BCUT2D eigenvalue weighted by Crippen LogP contribution is 2.33. The van der Waals surface area contributed by atoms with Crippen LogP contribution in [0.15, 0.2) is 85.1 Å². The second-order valence-electron chi connectivity index (χ2n) is 10.3. The number of amides is 2. The van der Waals surface area contributed by atoms with Gasteiger partial charge in [-0.2, -0.15) is 0 Å². The van der Waals surface area contributed by atoms with Gasteiger partial charge in [-0.05, 0) is 83.1 Å². The summed E-state index contributed by atoms with van der Waals surface area (Å²) in [5.41, 5.74) is 5.56. The number of phenolic OH excluding ortho intramolecular Hbond substituents is 1. The van der Waals surface area contributed by atoms with E-state index in [1.165, 1.54) is 17.0 Å². The zero-order valence-corrected chi connectivity index (χ0v) is 22.7. The van der Waals surface area contributed by atoms with Crippen LogP contribution in [0.2, 0.25) is 0 Å². The first-order chi connectivity index (χ1) is 19.7. The number of halogens is 2. The minimum atomic E-state index is -0.714. The molecule has 0 saturated heterocycles. The number of phenols is 1. The third-order valence-electron chi connectivity index (χ3n) is 7.07. The van der Waals surface area contributed by atoms with Crippen molar-refractivity contribution < 1.29 is 23.5 Å². The molecule has 0 aliphatic heterocycles. The number of nitrogens with zero attached hydrogens (tertiary/aromatic N) is 2. The third kappa shape index (κ3) is 6.32. The highest BCUT2D eigenvalue weighted by atomic mass is 19.1. The second kappa shape index (κ2) is 11.7. The van der Waals surface area contributed by atoms with Crippen LogP contribution in [0.1, 0.15) is 45.2 Å². The van der Waals surface area contributed by atoms with E-state index in [1.807, 2.05) is 30.3 Å². The predicted octanol–water partition coefficient (Wildman–Crippen LogP) is 5.86. The van der Waals surface area contributed by atoms with Crippen molar-refractivity contribution in [1.82, 2.24) is 15.2 Å². The fourth-order valence-electron chi connectivity index (χ4n) is 5.14. The van der Waals surface area contributed by atoms with E-state index in [0.717, 1.165) is 28.3 Å². The van der Waals surface area contributed by atoms with E-state index in [4.69, 9.17) is 0 Å². The number of aromatic hydroxyl groups is 1. The summed E-state index contributed by atoms with van der Waals surface area (Å²) in [5, 5.41) is 13.0. The Balaban J connectivity index is 1.47. The molecular formula is C33H29F2N3O3. The van der Waals surface area contributed by atoms with Crippen LogP contribution in [0.3, 0.4) is 0 Å². The van der Waals surface area contributed by atoms with Crippen molar-refractivity contribution in [3.8, 4) is 16.9 Å². The van der Waals surface area contributed by atoms with E-state index in [1.54, 1.807) is 50.6 Å². The van der Waals surface area contributed by atoms with E-state index >= 15 is 0 Å². The van der Waals surface area contributed by atoms with Crippen LogP contribution in [0.25, 0.3) is 16.7 Å². The Morgan fingerprint density at radius 1 is 0.976 bits per heavy atom. The zero-order chi connectivity index (χ0) is 29.1. The number of pyridine rings is 1. The summed E-state index contributed by atoms with van der Waals surface area (Å²) in [6, 6.07) is 18.4. The van der Waals surface area contributed by atoms with Gasteiger partial charge >= 0.3 is 0 Å². The molecular weight excluding hydrogens is 524 g/mol.